The number of ether oxygens (including phenoxy) is 2. The van der Waals surface area contributed by atoms with E-state index in [4.69, 9.17) is 19.7 Å². The molecule has 0 spiro atoms. The number of hydrogen-bond donors (Lipinski definition) is 2. The molecule has 182 valence electrons. The fourth-order valence-electron chi connectivity index (χ4n) is 3.95. The van der Waals surface area contributed by atoms with Crippen LogP contribution in [-0.2, 0) is 0 Å². The Hall–Kier alpha value is -3.54. The molecule has 0 amide bonds. The summed E-state index contributed by atoms with van der Waals surface area (Å²) in [5.74, 6) is 1.63. The summed E-state index contributed by atoms with van der Waals surface area (Å²) in [7, 11) is 0. The lowest BCUT2D eigenvalue weighted by molar-refractivity contribution is 0.253. The van der Waals surface area contributed by atoms with Crippen LogP contribution < -0.4 is 14.4 Å². The van der Waals surface area contributed by atoms with E-state index < -0.39 is 0 Å². The van der Waals surface area contributed by atoms with Gasteiger partial charge in [0.25, 0.3) is 0 Å². The van der Waals surface area contributed by atoms with Gasteiger partial charge in [0.2, 0.25) is 0 Å². The average molecular weight is 472 g/mol. The number of anilines is 3. The smallest absolute Gasteiger partial charge is 0.119 e. The molecular formula is C30H33NO4. The van der Waals surface area contributed by atoms with Crippen molar-refractivity contribution in [2.24, 2.45) is 0 Å². The summed E-state index contributed by atoms with van der Waals surface area (Å²) in [6.45, 7) is 1.56. The van der Waals surface area contributed by atoms with Crippen LogP contribution in [-0.4, -0.2) is 36.6 Å². The predicted octanol–water partition coefficient (Wildman–Crippen LogP) is 6.61. The third-order valence-electron chi connectivity index (χ3n) is 5.82. The lowest BCUT2D eigenvalue weighted by atomic mass is 10.1. The molecule has 4 rings (SSSR count). The average Bonchev–Trinajstić information content (AvgIpc) is 2.91. The van der Waals surface area contributed by atoms with Crippen LogP contribution in [0.4, 0.5) is 17.1 Å². The van der Waals surface area contributed by atoms with Gasteiger partial charge in [-0.2, -0.15) is 0 Å². The van der Waals surface area contributed by atoms with Crippen LogP contribution in [0.15, 0.2) is 91.0 Å². The highest BCUT2D eigenvalue weighted by molar-refractivity contribution is 5.89. The summed E-state index contributed by atoms with van der Waals surface area (Å²) in [6, 6.07) is 31.1. The van der Waals surface area contributed by atoms with Crippen LogP contribution in [0.1, 0.15) is 25.7 Å². The van der Waals surface area contributed by atoms with Gasteiger partial charge >= 0.3 is 0 Å². The molecule has 4 aromatic rings. The molecule has 0 bridgehead atoms. The molecule has 5 heteroatoms. The first-order valence-corrected chi connectivity index (χ1v) is 12.2. The molecule has 35 heavy (non-hydrogen) atoms. The molecule has 0 unspecified atom stereocenters. The molecule has 0 aliphatic heterocycles. The van der Waals surface area contributed by atoms with Crippen LogP contribution in [0.5, 0.6) is 11.5 Å². The molecule has 5 nitrogen and oxygen atoms in total. The van der Waals surface area contributed by atoms with Crippen molar-refractivity contribution in [1.82, 2.24) is 0 Å². The number of rotatable bonds is 13. The van der Waals surface area contributed by atoms with Crippen LogP contribution >= 0.6 is 0 Å². The van der Waals surface area contributed by atoms with Gasteiger partial charge < -0.3 is 24.6 Å². The van der Waals surface area contributed by atoms with Crippen LogP contribution in [0.2, 0.25) is 0 Å². The third-order valence-corrected chi connectivity index (χ3v) is 5.82. The van der Waals surface area contributed by atoms with Crippen LogP contribution in [0.25, 0.3) is 10.8 Å². The van der Waals surface area contributed by atoms with Gasteiger partial charge in [-0.1, -0.05) is 30.3 Å². The highest BCUT2D eigenvalue weighted by Crippen LogP contribution is 2.37. The third kappa shape index (κ3) is 6.75. The molecule has 0 aliphatic rings. The number of hydrogen-bond acceptors (Lipinski definition) is 5. The molecule has 0 aromatic heterocycles. The van der Waals surface area contributed by atoms with E-state index in [1.807, 2.05) is 24.3 Å². The normalized spacial score (nSPS) is 10.9. The standard InChI is InChI=1S/C30H33NO4/c32-19-3-5-21-34-29-15-11-26(12-16-29)31(28-10-9-24-7-1-2-8-25(24)23-28)27-13-17-30(18-14-27)35-22-6-4-20-33/h1-2,7-18,23,32-33H,3-6,19-22H2. The number of aliphatic hydroxyl groups excluding tert-OH is 2. The Balaban J connectivity index is 1.59. The zero-order chi connectivity index (χ0) is 24.3. The summed E-state index contributed by atoms with van der Waals surface area (Å²) < 4.78 is 11.6. The first-order valence-electron chi connectivity index (χ1n) is 12.2. The van der Waals surface area contributed by atoms with Crippen molar-refractivity contribution in [2.45, 2.75) is 25.7 Å². The number of fused-ring (bicyclic) bond motifs is 1. The molecule has 2 N–H and O–H groups in total. The quantitative estimate of drug-likeness (QED) is 0.215. The van der Waals surface area contributed by atoms with Crippen LogP contribution in [0.3, 0.4) is 0 Å². The summed E-state index contributed by atoms with van der Waals surface area (Å²) >= 11 is 0. The fraction of sp³-hybridized carbons (Fsp3) is 0.267. The van der Waals surface area contributed by atoms with Crippen molar-refractivity contribution < 1.29 is 19.7 Å². The highest BCUT2D eigenvalue weighted by atomic mass is 16.5. The van der Waals surface area contributed by atoms with Gasteiger partial charge in [0, 0.05) is 30.3 Å². The summed E-state index contributed by atoms with van der Waals surface area (Å²) in [5.41, 5.74) is 3.12. The second-order valence-corrected chi connectivity index (χ2v) is 8.41. The van der Waals surface area contributed by atoms with Crippen molar-refractivity contribution in [2.75, 3.05) is 31.3 Å². The fourth-order valence-corrected chi connectivity index (χ4v) is 3.95. The van der Waals surface area contributed by atoms with Gasteiger partial charge in [0.1, 0.15) is 11.5 Å². The lowest BCUT2D eigenvalue weighted by Gasteiger charge is -2.26. The van der Waals surface area contributed by atoms with Crippen LogP contribution in [0, 0.1) is 0 Å². The second-order valence-electron chi connectivity index (χ2n) is 8.41. The van der Waals surface area contributed by atoms with E-state index in [0.717, 1.165) is 54.2 Å². The number of aliphatic hydroxyl groups is 2. The largest absolute Gasteiger partial charge is 0.494 e. The molecule has 0 atom stereocenters. The van der Waals surface area contributed by atoms with Crippen molar-refractivity contribution in [3.8, 4) is 11.5 Å². The monoisotopic (exact) mass is 471 g/mol. The molecule has 0 fully saturated rings. The summed E-state index contributed by atoms with van der Waals surface area (Å²) in [5, 5.41) is 20.3. The van der Waals surface area contributed by atoms with Gasteiger partial charge in [0.15, 0.2) is 0 Å². The molecule has 0 aliphatic carbocycles. The Morgan fingerprint density at radius 3 is 1.51 bits per heavy atom. The van der Waals surface area contributed by atoms with E-state index in [-0.39, 0.29) is 13.2 Å². The summed E-state index contributed by atoms with van der Waals surface area (Å²) in [6.07, 6.45) is 3.15. The molecule has 0 saturated carbocycles. The molecule has 4 aromatic carbocycles. The molecular weight excluding hydrogens is 438 g/mol. The van der Waals surface area contributed by atoms with E-state index in [9.17, 15) is 0 Å². The van der Waals surface area contributed by atoms with Gasteiger partial charge in [-0.15, -0.1) is 0 Å². The molecule has 0 saturated heterocycles. The number of benzene rings is 4. The van der Waals surface area contributed by atoms with E-state index in [2.05, 4.69) is 71.6 Å². The van der Waals surface area contributed by atoms with Crippen molar-refractivity contribution in [1.29, 1.82) is 0 Å². The van der Waals surface area contributed by atoms with E-state index >= 15 is 0 Å². The van der Waals surface area contributed by atoms with Gasteiger partial charge in [-0.05, 0) is 97.1 Å². The maximum atomic E-state index is 8.95. The Kier molecular flexibility index (Phi) is 8.98. The minimum absolute atomic E-state index is 0.190. The SMILES string of the molecule is OCCCCOc1ccc(N(c2ccc(OCCCCO)cc2)c2ccc3ccccc3c2)cc1. The van der Waals surface area contributed by atoms with E-state index in [1.54, 1.807) is 0 Å². The van der Waals surface area contributed by atoms with Gasteiger partial charge in [-0.25, -0.2) is 0 Å². The second kappa shape index (κ2) is 12.8. The number of nitrogens with zero attached hydrogens (tertiary/aromatic N) is 1. The maximum Gasteiger partial charge on any atom is 0.119 e. The van der Waals surface area contributed by atoms with Gasteiger partial charge in [0.05, 0.1) is 13.2 Å². The highest BCUT2D eigenvalue weighted by Gasteiger charge is 2.13. The first kappa shape index (κ1) is 24.6. The van der Waals surface area contributed by atoms with Crippen molar-refractivity contribution in [3.05, 3.63) is 91.0 Å². The minimum atomic E-state index is 0.190. The minimum Gasteiger partial charge on any atom is -0.494 e. The zero-order valence-corrected chi connectivity index (χ0v) is 20.0. The van der Waals surface area contributed by atoms with Crippen molar-refractivity contribution >= 4 is 27.8 Å². The summed E-state index contributed by atoms with van der Waals surface area (Å²) in [4.78, 5) is 2.22. The molecule has 0 heterocycles. The Labute approximate surface area is 207 Å². The van der Waals surface area contributed by atoms with E-state index in [0.29, 0.717) is 13.2 Å². The maximum absolute atomic E-state index is 8.95. The predicted molar refractivity (Wildman–Crippen MR) is 142 cm³/mol. The Morgan fingerprint density at radius 1 is 0.514 bits per heavy atom. The molecule has 0 radical (unpaired) electrons. The first-order chi connectivity index (χ1) is 17.3. The van der Waals surface area contributed by atoms with E-state index in [1.165, 1.54) is 10.8 Å². The Morgan fingerprint density at radius 2 is 1.00 bits per heavy atom. The topological polar surface area (TPSA) is 62.2 Å². The van der Waals surface area contributed by atoms with Crippen molar-refractivity contribution in [3.63, 3.8) is 0 Å². The number of unbranched alkanes of at least 4 members (excludes halogenated alkanes) is 2. The lowest BCUT2D eigenvalue weighted by Crippen LogP contribution is -2.10. The zero-order valence-electron chi connectivity index (χ0n) is 20.0. The Bertz CT molecular complexity index is 1120. The van der Waals surface area contributed by atoms with Gasteiger partial charge in [-0.3, -0.25) is 0 Å².